The van der Waals surface area contributed by atoms with Crippen molar-refractivity contribution in [3.05, 3.63) is 28.8 Å². The van der Waals surface area contributed by atoms with Crippen LogP contribution in [0.5, 0.6) is 0 Å². The van der Waals surface area contributed by atoms with Gasteiger partial charge in [0.15, 0.2) is 6.10 Å². The van der Waals surface area contributed by atoms with Crippen LogP contribution in [0.2, 0.25) is 5.02 Å². The van der Waals surface area contributed by atoms with Crippen molar-refractivity contribution in [2.24, 2.45) is 0 Å². The second-order valence-corrected chi connectivity index (χ2v) is 7.19. The first-order valence-electron chi connectivity index (χ1n) is 7.05. The third-order valence-electron chi connectivity index (χ3n) is 3.27. The van der Waals surface area contributed by atoms with Crippen molar-refractivity contribution in [1.29, 1.82) is 0 Å². The van der Waals surface area contributed by atoms with E-state index in [0.717, 1.165) is 0 Å². The molecule has 1 amide bonds. The van der Waals surface area contributed by atoms with E-state index in [9.17, 15) is 14.7 Å². The van der Waals surface area contributed by atoms with Crippen molar-refractivity contribution in [1.82, 2.24) is 0 Å². The number of carboxylic acid groups (broad SMARTS) is 1. The molecule has 1 aromatic carbocycles. The molecule has 1 unspecified atom stereocenters. The summed E-state index contributed by atoms with van der Waals surface area (Å²) in [6, 6.07) is 4.66. The van der Waals surface area contributed by atoms with E-state index in [4.69, 9.17) is 21.4 Å². The van der Waals surface area contributed by atoms with E-state index in [1.165, 1.54) is 12.1 Å². The first kappa shape index (κ1) is 19.3. The highest BCUT2D eigenvalue weighted by molar-refractivity contribution is 6.33. The highest BCUT2D eigenvalue weighted by Gasteiger charge is 2.35. The van der Waals surface area contributed by atoms with Crippen LogP contribution < -0.4 is 5.32 Å². The lowest BCUT2D eigenvalue weighted by atomic mass is 9.79. The standard InChI is InChI=1S/C16H22ClNO5/c1-15(2,3)23-14(22)18-11-7-6-9(8-10(11)17)16(4,5)12(19)13(20)21/h6-8,12,19H,1-5H3,(H,18,22)(H,20,21). The maximum Gasteiger partial charge on any atom is 0.412 e. The van der Waals surface area contributed by atoms with Gasteiger partial charge >= 0.3 is 12.1 Å². The minimum absolute atomic E-state index is 0.221. The highest BCUT2D eigenvalue weighted by Crippen LogP contribution is 2.32. The van der Waals surface area contributed by atoms with Crippen LogP contribution in [-0.2, 0) is 14.9 Å². The van der Waals surface area contributed by atoms with E-state index in [0.29, 0.717) is 11.3 Å². The van der Waals surface area contributed by atoms with Gasteiger partial charge in [0, 0.05) is 5.41 Å². The van der Waals surface area contributed by atoms with Crippen molar-refractivity contribution < 1.29 is 24.5 Å². The summed E-state index contributed by atoms with van der Waals surface area (Å²) < 4.78 is 5.14. The van der Waals surface area contributed by atoms with Gasteiger partial charge in [-0.3, -0.25) is 5.32 Å². The minimum Gasteiger partial charge on any atom is -0.479 e. The fourth-order valence-electron chi connectivity index (χ4n) is 1.90. The zero-order valence-electron chi connectivity index (χ0n) is 13.8. The molecule has 0 saturated heterocycles. The molecule has 0 bridgehead atoms. The molecule has 23 heavy (non-hydrogen) atoms. The molecule has 6 nitrogen and oxygen atoms in total. The Bertz CT molecular complexity index is 607. The molecule has 7 heteroatoms. The maximum absolute atomic E-state index is 11.7. The molecule has 0 aliphatic carbocycles. The summed E-state index contributed by atoms with van der Waals surface area (Å²) in [5.74, 6) is -1.32. The fourth-order valence-corrected chi connectivity index (χ4v) is 2.13. The summed E-state index contributed by atoms with van der Waals surface area (Å²) in [5, 5.41) is 21.5. The van der Waals surface area contributed by atoms with Crippen LogP contribution in [0.4, 0.5) is 10.5 Å². The first-order valence-corrected chi connectivity index (χ1v) is 7.43. The molecule has 0 fully saturated rings. The Morgan fingerprint density at radius 2 is 1.78 bits per heavy atom. The van der Waals surface area contributed by atoms with Gasteiger partial charge in [0.05, 0.1) is 10.7 Å². The Balaban J connectivity index is 2.99. The van der Waals surface area contributed by atoms with Gasteiger partial charge in [0.25, 0.3) is 0 Å². The quantitative estimate of drug-likeness (QED) is 0.778. The molecule has 0 heterocycles. The largest absolute Gasteiger partial charge is 0.479 e. The number of amides is 1. The van der Waals surface area contributed by atoms with E-state index in [1.54, 1.807) is 40.7 Å². The van der Waals surface area contributed by atoms with E-state index in [-0.39, 0.29) is 5.02 Å². The lowest BCUT2D eigenvalue weighted by Crippen LogP contribution is -2.39. The van der Waals surface area contributed by atoms with Crippen LogP contribution in [0.3, 0.4) is 0 Å². The maximum atomic E-state index is 11.7. The monoisotopic (exact) mass is 343 g/mol. The van der Waals surface area contributed by atoms with Gasteiger partial charge in [-0.25, -0.2) is 9.59 Å². The lowest BCUT2D eigenvalue weighted by molar-refractivity contribution is -0.150. The van der Waals surface area contributed by atoms with Crippen LogP contribution in [0, 0.1) is 0 Å². The van der Waals surface area contributed by atoms with Crippen molar-refractivity contribution in [3.8, 4) is 0 Å². The molecule has 1 aromatic rings. The van der Waals surface area contributed by atoms with E-state index < -0.39 is 29.2 Å². The number of ether oxygens (including phenoxy) is 1. The molecule has 128 valence electrons. The number of rotatable bonds is 4. The summed E-state index contributed by atoms with van der Waals surface area (Å²) in [5.41, 5.74) is -0.804. The molecule has 0 aliphatic rings. The summed E-state index contributed by atoms with van der Waals surface area (Å²) in [6.07, 6.45) is -2.22. The molecule has 0 spiro atoms. The molecule has 0 saturated carbocycles. The van der Waals surface area contributed by atoms with Gasteiger partial charge < -0.3 is 14.9 Å². The van der Waals surface area contributed by atoms with Crippen LogP contribution in [0.15, 0.2) is 18.2 Å². The first-order chi connectivity index (χ1) is 10.3. The Hall–Kier alpha value is -1.79. The van der Waals surface area contributed by atoms with Crippen LogP contribution in [0.25, 0.3) is 0 Å². The van der Waals surface area contributed by atoms with Crippen molar-refractivity contribution in [2.45, 2.75) is 51.7 Å². The summed E-state index contributed by atoms with van der Waals surface area (Å²) in [7, 11) is 0. The molecule has 3 N–H and O–H groups in total. The number of aliphatic hydroxyl groups is 1. The zero-order chi connectivity index (χ0) is 18.0. The number of anilines is 1. The molecule has 0 radical (unpaired) electrons. The van der Waals surface area contributed by atoms with Crippen LogP contribution in [0.1, 0.15) is 40.2 Å². The second kappa shape index (κ2) is 6.76. The minimum atomic E-state index is -1.58. The Kier molecular flexibility index (Phi) is 5.66. The molecule has 1 rings (SSSR count). The molecular formula is C16H22ClNO5. The number of carboxylic acids is 1. The third-order valence-corrected chi connectivity index (χ3v) is 3.58. The Morgan fingerprint density at radius 3 is 2.22 bits per heavy atom. The lowest BCUT2D eigenvalue weighted by Gasteiger charge is -2.28. The summed E-state index contributed by atoms with van der Waals surface area (Å²) in [4.78, 5) is 22.7. The Labute approximate surface area is 140 Å². The van der Waals surface area contributed by atoms with Crippen molar-refractivity contribution >= 4 is 29.4 Å². The second-order valence-electron chi connectivity index (χ2n) is 6.78. The van der Waals surface area contributed by atoms with E-state index >= 15 is 0 Å². The van der Waals surface area contributed by atoms with Gasteiger partial charge in [-0.1, -0.05) is 31.5 Å². The van der Waals surface area contributed by atoms with Crippen molar-refractivity contribution in [2.75, 3.05) is 5.32 Å². The number of aliphatic carboxylic acids is 1. The topological polar surface area (TPSA) is 95.9 Å². The number of hydrogen-bond donors (Lipinski definition) is 3. The Morgan fingerprint density at radius 1 is 1.22 bits per heavy atom. The van der Waals surface area contributed by atoms with Crippen LogP contribution >= 0.6 is 11.6 Å². The van der Waals surface area contributed by atoms with Gasteiger partial charge in [-0.05, 0) is 38.5 Å². The highest BCUT2D eigenvalue weighted by atomic mass is 35.5. The third kappa shape index (κ3) is 5.11. The average molecular weight is 344 g/mol. The number of carbonyl (C=O) groups excluding carboxylic acids is 1. The van der Waals surface area contributed by atoms with Gasteiger partial charge in [0.2, 0.25) is 0 Å². The summed E-state index contributed by atoms with van der Waals surface area (Å²) in [6.45, 7) is 8.42. The fraction of sp³-hybridized carbons (Fsp3) is 0.500. The zero-order valence-corrected chi connectivity index (χ0v) is 14.6. The molecule has 1 atom stereocenters. The number of hydrogen-bond acceptors (Lipinski definition) is 4. The van der Waals surface area contributed by atoms with Crippen molar-refractivity contribution in [3.63, 3.8) is 0 Å². The smallest absolute Gasteiger partial charge is 0.412 e. The SMILES string of the molecule is CC(C)(C)OC(=O)Nc1ccc(C(C)(C)C(O)C(=O)O)cc1Cl. The predicted octanol–water partition coefficient (Wildman–Crippen LogP) is 3.41. The molecular weight excluding hydrogens is 322 g/mol. The number of nitrogens with one attached hydrogen (secondary N) is 1. The van der Waals surface area contributed by atoms with Gasteiger partial charge in [0.1, 0.15) is 5.60 Å². The summed E-state index contributed by atoms with van der Waals surface area (Å²) >= 11 is 6.14. The number of benzene rings is 1. The predicted molar refractivity (Wildman–Crippen MR) is 88.0 cm³/mol. The van der Waals surface area contributed by atoms with E-state index in [2.05, 4.69) is 5.32 Å². The number of aliphatic hydroxyl groups excluding tert-OH is 1. The molecule has 0 aliphatic heterocycles. The molecule has 0 aromatic heterocycles. The van der Waals surface area contributed by atoms with Gasteiger partial charge in [-0.15, -0.1) is 0 Å². The van der Waals surface area contributed by atoms with Crippen LogP contribution in [-0.4, -0.2) is 34.0 Å². The number of halogens is 1. The normalized spacial score (nSPS) is 13.3. The van der Waals surface area contributed by atoms with E-state index in [1.807, 2.05) is 0 Å². The average Bonchev–Trinajstić information content (AvgIpc) is 2.37. The number of carbonyl (C=O) groups is 2. The van der Waals surface area contributed by atoms with Gasteiger partial charge in [-0.2, -0.15) is 0 Å².